The van der Waals surface area contributed by atoms with Gasteiger partial charge in [0, 0.05) is 19.5 Å². The smallest absolute Gasteiger partial charge is 0.179 e. The number of hydrogen-bond acceptors (Lipinski definition) is 3. The molecule has 55 valence electrons. The summed E-state index contributed by atoms with van der Waals surface area (Å²) >= 11 is 0. The monoisotopic (exact) mass is 159 g/mol. The lowest BCUT2D eigenvalue weighted by atomic mass is 10.7. The fourth-order valence-corrected chi connectivity index (χ4v) is 1.08. The van der Waals surface area contributed by atoms with Crippen molar-refractivity contribution in [1.82, 2.24) is 9.78 Å². The molecule has 0 spiro atoms. The molecule has 1 aromatic rings. The second kappa shape index (κ2) is 2.09. The Hall–Kier alpha value is -0.840. The summed E-state index contributed by atoms with van der Waals surface area (Å²) in [6, 6.07) is 0. The number of nitrogens with zero attached hydrogens (tertiary/aromatic N) is 2. The molecule has 5 heteroatoms. The van der Waals surface area contributed by atoms with E-state index in [1.54, 1.807) is 7.05 Å². The van der Waals surface area contributed by atoms with Crippen LogP contribution in [0.1, 0.15) is 0 Å². The topological polar surface area (TPSA) is 52.0 Å². The van der Waals surface area contributed by atoms with Gasteiger partial charge in [-0.3, -0.25) is 4.68 Å². The number of rotatable bonds is 1. The van der Waals surface area contributed by atoms with E-state index < -0.39 is 9.84 Å². The molecule has 0 amide bonds. The summed E-state index contributed by atoms with van der Waals surface area (Å²) in [5.74, 6) is 0. The van der Waals surface area contributed by atoms with Crippen LogP contribution in [0.15, 0.2) is 11.1 Å². The van der Waals surface area contributed by atoms with Gasteiger partial charge in [0.15, 0.2) is 9.84 Å². The van der Waals surface area contributed by atoms with Crippen molar-refractivity contribution < 1.29 is 8.42 Å². The zero-order chi connectivity index (χ0) is 7.78. The molecule has 0 atom stereocenters. The van der Waals surface area contributed by atoms with Gasteiger partial charge >= 0.3 is 0 Å². The molecule has 0 unspecified atom stereocenters. The summed E-state index contributed by atoms with van der Waals surface area (Å²) in [5.41, 5.74) is 0. The standard InChI is InChI=1S/C5H7N2O2S/c1-7-4-5(3-6-7)10(2,8)9/h4H,1-2H3. The normalized spacial score (nSPS) is 11.8. The maximum atomic E-state index is 10.8. The highest BCUT2D eigenvalue weighted by atomic mass is 32.2. The van der Waals surface area contributed by atoms with Gasteiger partial charge in [0.1, 0.15) is 11.1 Å². The molecule has 1 aromatic heterocycles. The second-order valence-corrected chi connectivity index (χ2v) is 4.04. The molecule has 1 heterocycles. The van der Waals surface area contributed by atoms with E-state index in [1.807, 2.05) is 0 Å². The third-order valence-electron chi connectivity index (χ3n) is 1.02. The molecule has 0 saturated carbocycles. The Morgan fingerprint density at radius 2 is 2.30 bits per heavy atom. The van der Waals surface area contributed by atoms with Gasteiger partial charge in [-0.25, -0.2) is 8.42 Å². The van der Waals surface area contributed by atoms with Crippen LogP contribution in [0.2, 0.25) is 0 Å². The molecule has 0 fully saturated rings. The Labute approximate surface area is 59.4 Å². The first kappa shape index (κ1) is 7.27. The van der Waals surface area contributed by atoms with E-state index in [2.05, 4.69) is 11.3 Å². The molecule has 10 heavy (non-hydrogen) atoms. The molecule has 1 radical (unpaired) electrons. The first-order chi connectivity index (χ1) is 4.50. The Bertz CT molecular complexity index is 325. The fourth-order valence-electron chi connectivity index (χ4n) is 0.534. The molecule has 0 aliphatic rings. The maximum absolute atomic E-state index is 10.8. The van der Waals surface area contributed by atoms with Crippen molar-refractivity contribution in [2.45, 2.75) is 4.90 Å². The summed E-state index contributed by atoms with van der Waals surface area (Å²) < 4.78 is 22.9. The molecule has 0 bridgehead atoms. The maximum Gasteiger partial charge on any atom is 0.179 e. The third kappa shape index (κ3) is 1.36. The van der Waals surface area contributed by atoms with E-state index >= 15 is 0 Å². The first-order valence-electron chi connectivity index (χ1n) is 2.61. The van der Waals surface area contributed by atoms with Crippen molar-refractivity contribution in [2.24, 2.45) is 7.05 Å². The van der Waals surface area contributed by atoms with Gasteiger partial charge < -0.3 is 0 Å². The van der Waals surface area contributed by atoms with Gasteiger partial charge in [-0.05, 0) is 0 Å². The fraction of sp³-hybridized carbons (Fsp3) is 0.400. The number of sulfone groups is 1. The van der Waals surface area contributed by atoms with Crippen LogP contribution in [0.25, 0.3) is 0 Å². The Morgan fingerprint density at radius 3 is 2.50 bits per heavy atom. The molecule has 0 aliphatic carbocycles. The zero-order valence-electron chi connectivity index (χ0n) is 5.70. The van der Waals surface area contributed by atoms with E-state index in [1.165, 1.54) is 10.9 Å². The van der Waals surface area contributed by atoms with Crippen molar-refractivity contribution in [3.05, 3.63) is 12.4 Å². The molecule has 0 aromatic carbocycles. The van der Waals surface area contributed by atoms with Crippen LogP contribution in [-0.4, -0.2) is 24.5 Å². The van der Waals surface area contributed by atoms with Crippen molar-refractivity contribution in [2.75, 3.05) is 6.26 Å². The lowest BCUT2D eigenvalue weighted by Gasteiger charge is -1.86. The molecular weight excluding hydrogens is 152 g/mol. The summed E-state index contributed by atoms with van der Waals surface area (Å²) in [5, 5.41) is 3.60. The van der Waals surface area contributed by atoms with E-state index in [4.69, 9.17) is 0 Å². The van der Waals surface area contributed by atoms with Crippen molar-refractivity contribution in [3.8, 4) is 0 Å². The van der Waals surface area contributed by atoms with Crippen molar-refractivity contribution in [3.63, 3.8) is 0 Å². The predicted octanol–water partition coefficient (Wildman–Crippen LogP) is -0.376. The average Bonchev–Trinajstić information content (AvgIpc) is 2.11. The molecule has 0 N–H and O–H groups in total. The lowest BCUT2D eigenvalue weighted by Crippen LogP contribution is -1.94. The van der Waals surface area contributed by atoms with E-state index in [-0.39, 0.29) is 4.90 Å². The Balaban J connectivity index is 3.21. The predicted molar refractivity (Wildman–Crippen MR) is 35.2 cm³/mol. The van der Waals surface area contributed by atoms with Crippen LogP contribution >= 0.6 is 0 Å². The molecular formula is C5H7N2O2S. The van der Waals surface area contributed by atoms with Gasteiger partial charge in [0.25, 0.3) is 0 Å². The van der Waals surface area contributed by atoms with Gasteiger partial charge in [-0.1, -0.05) is 0 Å². The second-order valence-electron chi connectivity index (χ2n) is 2.05. The number of aryl methyl sites for hydroxylation is 1. The Kier molecular flexibility index (Phi) is 1.52. The van der Waals surface area contributed by atoms with E-state index in [0.29, 0.717) is 0 Å². The quantitative estimate of drug-likeness (QED) is 0.561. The summed E-state index contributed by atoms with van der Waals surface area (Å²) in [6.07, 6.45) is 4.91. The molecule has 0 aliphatic heterocycles. The van der Waals surface area contributed by atoms with Gasteiger partial charge in [0.2, 0.25) is 0 Å². The number of aromatic nitrogens is 2. The van der Waals surface area contributed by atoms with Gasteiger partial charge in [-0.15, -0.1) is 0 Å². The minimum Gasteiger partial charge on any atom is -0.274 e. The minimum atomic E-state index is -3.12. The third-order valence-corrected chi connectivity index (χ3v) is 2.02. The summed E-state index contributed by atoms with van der Waals surface area (Å²) in [4.78, 5) is 0.134. The van der Waals surface area contributed by atoms with Crippen molar-refractivity contribution in [1.29, 1.82) is 0 Å². The minimum absolute atomic E-state index is 0.134. The summed E-state index contributed by atoms with van der Waals surface area (Å²) in [6.45, 7) is 0. The molecule has 4 nitrogen and oxygen atoms in total. The Morgan fingerprint density at radius 1 is 1.70 bits per heavy atom. The largest absolute Gasteiger partial charge is 0.274 e. The highest BCUT2D eigenvalue weighted by Gasteiger charge is 2.08. The lowest BCUT2D eigenvalue weighted by molar-refractivity contribution is 0.601. The summed E-state index contributed by atoms with van der Waals surface area (Å²) in [7, 11) is -1.48. The van der Waals surface area contributed by atoms with Crippen LogP contribution in [0.3, 0.4) is 0 Å². The van der Waals surface area contributed by atoms with Crippen LogP contribution in [0.5, 0.6) is 0 Å². The van der Waals surface area contributed by atoms with Crippen LogP contribution in [0.4, 0.5) is 0 Å². The highest BCUT2D eigenvalue weighted by Crippen LogP contribution is 2.03. The highest BCUT2D eigenvalue weighted by molar-refractivity contribution is 7.90. The zero-order valence-corrected chi connectivity index (χ0v) is 6.51. The number of hydrogen-bond donors (Lipinski definition) is 0. The SMILES string of the molecule is Cn1cc(S(C)(=O)=O)[c]n1. The molecule has 0 saturated heterocycles. The molecule has 1 rings (SSSR count). The van der Waals surface area contributed by atoms with Crippen LogP contribution in [0, 0.1) is 6.20 Å². The van der Waals surface area contributed by atoms with Crippen LogP contribution < -0.4 is 0 Å². The van der Waals surface area contributed by atoms with E-state index in [0.717, 1.165) is 6.26 Å². The van der Waals surface area contributed by atoms with E-state index in [9.17, 15) is 8.42 Å². The van der Waals surface area contributed by atoms with Crippen molar-refractivity contribution >= 4 is 9.84 Å². The van der Waals surface area contributed by atoms with Crippen LogP contribution in [-0.2, 0) is 16.9 Å². The van der Waals surface area contributed by atoms with Gasteiger partial charge in [0.05, 0.1) is 0 Å². The first-order valence-corrected chi connectivity index (χ1v) is 4.50. The average molecular weight is 159 g/mol. The van der Waals surface area contributed by atoms with Gasteiger partial charge in [-0.2, -0.15) is 5.10 Å².